The number of hydrogen-bond donors (Lipinski definition) is 1. The van der Waals surface area contributed by atoms with E-state index in [9.17, 15) is 4.79 Å². The number of para-hydroxylation sites is 1. The Morgan fingerprint density at radius 2 is 1.84 bits per heavy atom. The molecule has 2 rings (SSSR count). The molecular weight excluding hydrogens is 380 g/mol. The average Bonchev–Trinajstić information content (AvgIpc) is 2.61. The van der Waals surface area contributed by atoms with Gasteiger partial charge in [0.05, 0.1) is 13.2 Å². The van der Waals surface area contributed by atoms with Crippen molar-refractivity contribution in [2.45, 2.75) is 18.9 Å². The summed E-state index contributed by atoms with van der Waals surface area (Å²) in [5, 5.41) is 3.05. The van der Waals surface area contributed by atoms with Crippen LogP contribution in [0, 0.1) is 0 Å². The molecule has 0 aliphatic carbocycles. The summed E-state index contributed by atoms with van der Waals surface area (Å²) in [6.07, 6.45) is 1.18. The Hall–Kier alpha value is -1.85. The normalized spacial score (nSPS) is 12.0. The van der Waals surface area contributed by atoms with Crippen molar-refractivity contribution in [3.8, 4) is 5.75 Å². The fraction of sp³-hybridized carbons (Fsp3) is 0.350. The van der Waals surface area contributed by atoms with Crippen molar-refractivity contribution in [1.82, 2.24) is 10.2 Å². The van der Waals surface area contributed by atoms with Gasteiger partial charge < -0.3 is 15.0 Å². The number of benzene rings is 2. The van der Waals surface area contributed by atoms with Gasteiger partial charge in [0.25, 0.3) is 0 Å². The number of methoxy groups -OCH3 is 1. The molecule has 0 aliphatic heterocycles. The molecule has 0 spiro atoms. The number of ether oxygens (including phenoxy) is 1. The quantitative estimate of drug-likeness (QED) is 0.726. The zero-order chi connectivity index (χ0) is 18.2. The predicted molar refractivity (Wildman–Crippen MR) is 105 cm³/mol. The van der Waals surface area contributed by atoms with Crippen molar-refractivity contribution < 1.29 is 9.53 Å². The Labute approximate surface area is 158 Å². The van der Waals surface area contributed by atoms with Gasteiger partial charge in [0.1, 0.15) is 5.75 Å². The second kappa shape index (κ2) is 9.59. The maximum absolute atomic E-state index is 12.3. The summed E-state index contributed by atoms with van der Waals surface area (Å²) in [5.74, 6) is 0.890. The fourth-order valence-corrected chi connectivity index (χ4v) is 3.24. The lowest BCUT2D eigenvalue weighted by atomic mass is 10.0. The largest absolute Gasteiger partial charge is 0.496 e. The third-order valence-electron chi connectivity index (χ3n) is 4.19. The molecule has 2 aromatic carbocycles. The lowest BCUT2D eigenvalue weighted by Crippen LogP contribution is -2.34. The smallest absolute Gasteiger partial charge is 0.220 e. The molecule has 0 fully saturated rings. The van der Waals surface area contributed by atoms with Crippen LogP contribution in [0.25, 0.3) is 0 Å². The molecule has 0 aromatic heterocycles. The van der Waals surface area contributed by atoms with Crippen LogP contribution in [0.5, 0.6) is 5.75 Å². The first kappa shape index (κ1) is 19.5. The first-order valence-electron chi connectivity index (χ1n) is 8.32. The predicted octanol–water partition coefficient (Wildman–Crippen LogP) is 3.81. The van der Waals surface area contributed by atoms with Crippen LogP contribution in [0.1, 0.15) is 23.6 Å². The minimum Gasteiger partial charge on any atom is -0.496 e. The highest BCUT2D eigenvalue weighted by atomic mass is 79.9. The molecule has 4 nitrogen and oxygen atoms in total. The Morgan fingerprint density at radius 3 is 2.52 bits per heavy atom. The van der Waals surface area contributed by atoms with E-state index in [1.165, 1.54) is 0 Å². The van der Waals surface area contributed by atoms with Crippen LogP contribution in [0.2, 0.25) is 0 Å². The number of carbonyl (C=O) groups is 1. The van der Waals surface area contributed by atoms with Gasteiger partial charge in [0.15, 0.2) is 0 Å². The monoisotopic (exact) mass is 404 g/mol. The van der Waals surface area contributed by atoms with E-state index < -0.39 is 0 Å². The van der Waals surface area contributed by atoms with E-state index in [0.29, 0.717) is 19.4 Å². The Morgan fingerprint density at radius 1 is 1.16 bits per heavy atom. The standard InChI is InChI=1S/C20H25BrN2O2/c1-23(2)18(16-9-5-7-11-19(16)25-3)14-22-20(24)13-12-15-8-4-6-10-17(15)21/h4-11,18H,12-14H2,1-3H3,(H,22,24). The molecule has 2 aromatic rings. The highest BCUT2D eigenvalue weighted by Gasteiger charge is 2.19. The highest BCUT2D eigenvalue weighted by molar-refractivity contribution is 9.10. The summed E-state index contributed by atoms with van der Waals surface area (Å²) in [7, 11) is 5.68. The maximum atomic E-state index is 12.3. The zero-order valence-electron chi connectivity index (χ0n) is 15.0. The second-order valence-corrected chi connectivity index (χ2v) is 6.97. The van der Waals surface area contributed by atoms with E-state index in [1.54, 1.807) is 7.11 Å². The van der Waals surface area contributed by atoms with Gasteiger partial charge in [-0.3, -0.25) is 4.79 Å². The zero-order valence-corrected chi connectivity index (χ0v) is 16.5. The number of carbonyl (C=O) groups excluding carboxylic acids is 1. The van der Waals surface area contributed by atoms with Crippen LogP contribution in [0.4, 0.5) is 0 Å². The molecule has 1 unspecified atom stereocenters. The van der Waals surface area contributed by atoms with E-state index >= 15 is 0 Å². The van der Waals surface area contributed by atoms with Crippen LogP contribution in [-0.4, -0.2) is 38.6 Å². The Balaban J connectivity index is 1.95. The second-order valence-electron chi connectivity index (χ2n) is 6.12. The van der Waals surface area contributed by atoms with Gasteiger partial charge >= 0.3 is 0 Å². The molecule has 0 saturated heterocycles. The summed E-state index contributed by atoms with van der Waals surface area (Å²) < 4.78 is 6.50. The Kier molecular flexibility index (Phi) is 7.47. The Bertz CT molecular complexity index is 704. The van der Waals surface area contributed by atoms with E-state index in [-0.39, 0.29) is 11.9 Å². The number of rotatable bonds is 8. The molecule has 1 atom stereocenters. The van der Waals surface area contributed by atoms with Crippen molar-refractivity contribution in [2.24, 2.45) is 0 Å². The van der Waals surface area contributed by atoms with Gasteiger partial charge in [-0.1, -0.05) is 52.3 Å². The molecular formula is C20H25BrN2O2. The highest BCUT2D eigenvalue weighted by Crippen LogP contribution is 2.27. The van der Waals surface area contributed by atoms with Crippen LogP contribution >= 0.6 is 15.9 Å². The van der Waals surface area contributed by atoms with Gasteiger partial charge in [-0.15, -0.1) is 0 Å². The minimum absolute atomic E-state index is 0.0532. The average molecular weight is 405 g/mol. The van der Waals surface area contributed by atoms with Gasteiger partial charge in [-0.2, -0.15) is 0 Å². The fourth-order valence-electron chi connectivity index (χ4n) is 2.76. The molecule has 1 amide bonds. The van der Waals surface area contributed by atoms with Crippen LogP contribution in [0.3, 0.4) is 0 Å². The summed E-state index contributed by atoms with van der Waals surface area (Å²) in [5.41, 5.74) is 2.22. The number of amides is 1. The molecule has 0 aliphatic rings. The molecule has 0 heterocycles. The van der Waals surface area contributed by atoms with E-state index in [4.69, 9.17) is 4.74 Å². The van der Waals surface area contributed by atoms with E-state index in [0.717, 1.165) is 21.3 Å². The number of halogens is 1. The summed E-state index contributed by atoms with van der Waals surface area (Å²) in [6, 6.07) is 16.0. The van der Waals surface area contributed by atoms with Crippen molar-refractivity contribution >= 4 is 21.8 Å². The summed E-state index contributed by atoms with van der Waals surface area (Å²) in [6.45, 7) is 0.544. The minimum atomic E-state index is 0.0532. The lowest BCUT2D eigenvalue weighted by molar-refractivity contribution is -0.121. The number of nitrogens with one attached hydrogen (secondary N) is 1. The van der Waals surface area contributed by atoms with E-state index in [2.05, 4.69) is 26.1 Å². The number of aryl methyl sites for hydroxylation is 1. The summed E-state index contributed by atoms with van der Waals surface area (Å²) in [4.78, 5) is 14.4. The summed E-state index contributed by atoms with van der Waals surface area (Å²) >= 11 is 3.52. The van der Waals surface area contributed by atoms with E-state index in [1.807, 2.05) is 62.6 Å². The van der Waals surface area contributed by atoms with Crippen molar-refractivity contribution in [3.63, 3.8) is 0 Å². The van der Waals surface area contributed by atoms with Gasteiger partial charge in [0.2, 0.25) is 5.91 Å². The molecule has 25 heavy (non-hydrogen) atoms. The SMILES string of the molecule is COc1ccccc1C(CNC(=O)CCc1ccccc1Br)N(C)C. The van der Waals surface area contributed by atoms with Crippen LogP contribution in [-0.2, 0) is 11.2 Å². The van der Waals surface area contributed by atoms with Crippen molar-refractivity contribution in [2.75, 3.05) is 27.7 Å². The first-order chi connectivity index (χ1) is 12.0. The molecule has 0 saturated carbocycles. The van der Waals surface area contributed by atoms with Crippen LogP contribution < -0.4 is 10.1 Å². The molecule has 1 N–H and O–H groups in total. The van der Waals surface area contributed by atoms with Crippen LogP contribution in [0.15, 0.2) is 53.0 Å². The van der Waals surface area contributed by atoms with Gasteiger partial charge in [-0.25, -0.2) is 0 Å². The van der Waals surface area contributed by atoms with Gasteiger partial charge in [-0.05, 0) is 38.2 Å². The third-order valence-corrected chi connectivity index (χ3v) is 4.97. The molecule has 0 bridgehead atoms. The number of likely N-dealkylation sites (N-methyl/N-ethyl adjacent to an activating group) is 1. The van der Waals surface area contributed by atoms with Crippen molar-refractivity contribution in [3.05, 3.63) is 64.1 Å². The topological polar surface area (TPSA) is 41.6 Å². The molecule has 5 heteroatoms. The third kappa shape index (κ3) is 5.58. The lowest BCUT2D eigenvalue weighted by Gasteiger charge is -2.26. The molecule has 134 valence electrons. The van der Waals surface area contributed by atoms with Crippen molar-refractivity contribution in [1.29, 1.82) is 0 Å². The molecule has 0 radical (unpaired) electrons. The number of nitrogens with zero attached hydrogens (tertiary/aromatic N) is 1. The first-order valence-corrected chi connectivity index (χ1v) is 9.11. The maximum Gasteiger partial charge on any atom is 0.220 e. The number of hydrogen-bond acceptors (Lipinski definition) is 3. The van der Waals surface area contributed by atoms with Gasteiger partial charge in [0, 0.05) is 23.0 Å².